The van der Waals surface area contributed by atoms with Crippen molar-refractivity contribution < 1.29 is 26.4 Å². The Morgan fingerprint density at radius 2 is 1.82 bits per heavy atom. The van der Waals surface area contributed by atoms with Crippen LogP contribution in [0.2, 0.25) is 5.02 Å². The molecule has 1 aliphatic carbocycles. The van der Waals surface area contributed by atoms with Crippen LogP contribution < -0.4 is 0 Å². The number of sulfonamides is 1. The summed E-state index contributed by atoms with van der Waals surface area (Å²) in [5, 5.41) is 7.32. The normalized spacial score (nSPS) is 18.2. The highest BCUT2D eigenvalue weighted by atomic mass is 35.5. The van der Waals surface area contributed by atoms with Crippen LogP contribution in [-0.4, -0.2) is 69.3 Å². The van der Waals surface area contributed by atoms with E-state index in [2.05, 4.69) is 10.2 Å². The number of aryl methyl sites for hydroxylation is 2. The summed E-state index contributed by atoms with van der Waals surface area (Å²) in [7, 11) is -3.77. The lowest BCUT2D eigenvalue weighted by Crippen LogP contribution is -2.51. The first-order valence-corrected chi connectivity index (χ1v) is 12.4. The number of piperazine rings is 1. The molecule has 0 unspecified atom stereocenters. The van der Waals surface area contributed by atoms with Crippen LogP contribution in [0.3, 0.4) is 0 Å². The fraction of sp³-hybridized carbons (Fsp3) is 0.632. The van der Waals surface area contributed by atoms with Crippen molar-refractivity contribution in [3.63, 3.8) is 0 Å². The number of hydrogen-bond acceptors (Lipinski definition) is 5. The van der Waals surface area contributed by atoms with Crippen LogP contribution in [0.15, 0.2) is 11.1 Å². The molecule has 0 spiro atoms. The lowest BCUT2D eigenvalue weighted by Gasteiger charge is -2.34. The minimum absolute atomic E-state index is 0.0773. The number of rotatable bonds is 6. The summed E-state index contributed by atoms with van der Waals surface area (Å²) in [4.78, 5) is 14.4. The molecule has 1 saturated heterocycles. The lowest BCUT2D eigenvalue weighted by atomic mass is 10.2. The molecule has 0 N–H and O–H groups in total. The summed E-state index contributed by atoms with van der Waals surface area (Å²) in [6.07, 6.45) is -1.83. The highest BCUT2D eigenvalue weighted by Crippen LogP contribution is 2.46. The van der Waals surface area contributed by atoms with Crippen molar-refractivity contribution in [2.75, 3.05) is 26.2 Å². The standard InChI is InChI=1S/C19H24ClF3N6O3S/c1-3-27-10-14(12(2)24-27)33(31,32)28-8-6-26(7-9-28)15(30)11-29-17(13-4-5-13)16(20)18(25-29)19(21,22)23/h10,13H,3-9,11H2,1-2H3. The second-order valence-electron chi connectivity index (χ2n) is 8.20. The SMILES string of the molecule is CCn1cc(S(=O)(=O)N2CCN(C(=O)Cn3nc(C(F)(F)F)c(Cl)c3C3CC3)CC2)c(C)n1. The third-order valence-corrected chi connectivity index (χ3v) is 8.26. The Hall–Kier alpha value is -2.12. The van der Waals surface area contributed by atoms with E-state index in [0.717, 1.165) is 4.68 Å². The molecule has 2 fully saturated rings. The van der Waals surface area contributed by atoms with Gasteiger partial charge in [-0.3, -0.25) is 14.2 Å². The van der Waals surface area contributed by atoms with Gasteiger partial charge in [-0.15, -0.1) is 0 Å². The van der Waals surface area contributed by atoms with Crippen LogP contribution in [-0.2, 0) is 34.1 Å². The van der Waals surface area contributed by atoms with Crippen LogP contribution in [0.5, 0.6) is 0 Å². The first-order chi connectivity index (χ1) is 15.4. The summed E-state index contributed by atoms with van der Waals surface area (Å²) in [5.74, 6) is -0.569. The van der Waals surface area contributed by atoms with Crippen LogP contribution in [0.4, 0.5) is 13.2 Å². The van der Waals surface area contributed by atoms with Gasteiger partial charge in [0.25, 0.3) is 0 Å². The summed E-state index contributed by atoms with van der Waals surface area (Å²) in [5.41, 5.74) is -0.543. The Kier molecular flexibility index (Phi) is 6.25. The third kappa shape index (κ3) is 4.62. The van der Waals surface area contributed by atoms with Gasteiger partial charge in [-0.2, -0.15) is 27.7 Å². The van der Waals surface area contributed by atoms with Crippen LogP contribution in [0.1, 0.15) is 42.8 Å². The molecule has 3 heterocycles. The molecule has 4 rings (SSSR count). The molecule has 182 valence electrons. The van der Waals surface area contributed by atoms with Crippen molar-refractivity contribution >= 4 is 27.5 Å². The van der Waals surface area contributed by atoms with Crippen molar-refractivity contribution in [1.82, 2.24) is 28.8 Å². The quantitative estimate of drug-likeness (QED) is 0.597. The largest absolute Gasteiger partial charge is 0.436 e. The molecule has 1 amide bonds. The zero-order valence-electron chi connectivity index (χ0n) is 18.1. The van der Waals surface area contributed by atoms with E-state index >= 15 is 0 Å². The first kappa shape index (κ1) is 24.0. The molecule has 2 aromatic heterocycles. The molecule has 2 aromatic rings. The zero-order valence-corrected chi connectivity index (χ0v) is 19.7. The molecular weight excluding hydrogens is 485 g/mol. The van der Waals surface area contributed by atoms with Crippen molar-refractivity contribution in [2.45, 2.75) is 56.8 Å². The minimum Gasteiger partial charge on any atom is -0.338 e. The molecule has 9 nitrogen and oxygen atoms in total. The van der Waals surface area contributed by atoms with Crippen molar-refractivity contribution in [3.8, 4) is 0 Å². The average Bonchev–Trinajstić information content (AvgIpc) is 3.42. The van der Waals surface area contributed by atoms with Gasteiger partial charge in [0, 0.05) is 44.8 Å². The van der Waals surface area contributed by atoms with Crippen molar-refractivity contribution in [1.29, 1.82) is 0 Å². The Morgan fingerprint density at radius 1 is 1.18 bits per heavy atom. The van der Waals surface area contributed by atoms with Gasteiger partial charge in [0.05, 0.1) is 16.4 Å². The molecule has 2 aliphatic rings. The molecule has 1 aliphatic heterocycles. The maximum atomic E-state index is 13.2. The number of halogens is 4. The second-order valence-corrected chi connectivity index (χ2v) is 10.5. The van der Waals surface area contributed by atoms with E-state index < -0.39 is 32.8 Å². The third-order valence-electron chi connectivity index (χ3n) is 5.88. The fourth-order valence-electron chi connectivity index (χ4n) is 3.96. The topological polar surface area (TPSA) is 93.3 Å². The Morgan fingerprint density at radius 3 is 2.33 bits per heavy atom. The van der Waals surface area contributed by atoms with E-state index in [4.69, 9.17) is 11.6 Å². The van der Waals surface area contributed by atoms with Crippen LogP contribution in [0.25, 0.3) is 0 Å². The van der Waals surface area contributed by atoms with Gasteiger partial charge in [0.2, 0.25) is 15.9 Å². The minimum atomic E-state index is -4.71. The maximum Gasteiger partial charge on any atom is 0.436 e. The zero-order chi connectivity index (χ0) is 24.1. The van der Waals surface area contributed by atoms with Gasteiger partial charge in [-0.1, -0.05) is 11.6 Å². The molecule has 0 bridgehead atoms. The smallest absolute Gasteiger partial charge is 0.338 e. The average molecular weight is 509 g/mol. The van der Waals surface area contributed by atoms with Gasteiger partial charge in [0.1, 0.15) is 11.4 Å². The van der Waals surface area contributed by atoms with E-state index in [0.29, 0.717) is 25.1 Å². The van der Waals surface area contributed by atoms with E-state index in [1.165, 1.54) is 15.4 Å². The summed E-state index contributed by atoms with van der Waals surface area (Å²) in [6.45, 7) is 4.04. The Labute approximate surface area is 194 Å². The summed E-state index contributed by atoms with van der Waals surface area (Å²) in [6, 6.07) is 0. The van der Waals surface area contributed by atoms with Gasteiger partial charge in [-0.25, -0.2) is 8.42 Å². The van der Waals surface area contributed by atoms with Crippen molar-refractivity contribution in [3.05, 3.63) is 28.3 Å². The van der Waals surface area contributed by atoms with Gasteiger partial charge in [0.15, 0.2) is 5.69 Å². The molecule has 1 saturated carbocycles. The highest BCUT2D eigenvalue weighted by Gasteiger charge is 2.42. The summed E-state index contributed by atoms with van der Waals surface area (Å²) >= 11 is 5.96. The predicted molar refractivity (Wildman–Crippen MR) is 112 cm³/mol. The molecule has 0 aromatic carbocycles. The van der Waals surface area contributed by atoms with E-state index in [9.17, 15) is 26.4 Å². The Balaban J connectivity index is 1.45. The lowest BCUT2D eigenvalue weighted by molar-refractivity contribution is -0.142. The monoisotopic (exact) mass is 508 g/mol. The number of aromatic nitrogens is 4. The van der Waals surface area contributed by atoms with E-state index in [1.807, 2.05) is 6.92 Å². The van der Waals surface area contributed by atoms with Gasteiger partial charge in [-0.05, 0) is 26.7 Å². The maximum absolute atomic E-state index is 13.2. The molecule has 0 atom stereocenters. The van der Waals surface area contributed by atoms with E-state index in [1.54, 1.807) is 11.6 Å². The number of amides is 1. The predicted octanol–water partition coefficient (Wildman–Crippen LogP) is 2.49. The molecular formula is C19H24ClF3N6O3S. The van der Waals surface area contributed by atoms with Crippen molar-refractivity contribution in [2.24, 2.45) is 0 Å². The molecule has 0 radical (unpaired) electrons. The fourth-order valence-corrected chi connectivity index (χ4v) is 5.95. The summed E-state index contributed by atoms with van der Waals surface area (Å²) < 4.78 is 69.6. The van der Waals surface area contributed by atoms with Crippen LogP contribution >= 0.6 is 11.6 Å². The van der Waals surface area contributed by atoms with Crippen LogP contribution in [0, 0.1) is 6.92 Å². The number of nitrogens with zero attached hydrogens (tertiary/aromatic N) is 6. The Bertz CT molecular complexity index is 1160. The first-order valence-electron chi connectivity index (χ1n) is 10.6. The number of carbonyl (C=O) groups is 1. The molecule has 33 heavy (non-hydrogen) atoms. The number of hydrogen-bond donors (Lipinski definition) is 0. The number of carbonyl (C=O) groups excluding carboxylic acids is 1. The number of alkyl halides is 3. The van der Waals surface area contributed by atoms with Gasteiger partial charge < -0.3 is 4.90 Å². The highest BCUT2D eigenvalue weighted by molar-refractivity contribution is 7.89. The molecule has 14 heteroatoms. The van der Waals surface area contributed by atoms with E-state index in [-0.39, 0.29) is 49.2 Å². The van der Waals surface area contributed by atoms with Gasteiger partial charge >= 0.3 is 6.18 Å². The second kappa shape index (κ2) is 8.58.